The summed E-state index contributed by atoms with van der Waals surface area (Å²) in [6.07, 6.45) is 1.03. The molecule has 1 heterocycles. The number of fused-ring (bicyclic) bond motifs is 1. The van der Waals surface area contributed by atoms with Crippen molar-refractivity contribution in [2.24, 2.45) is 4.99 Å². The van der Waals surface area contributed by atoms with E-state index in [1.165, 1.54) is 16.7 Å². The lowest BCUT2D eigenvalue weighted by Gasteiger charge is -2.30. The van der Waals surface area contributed by atoms with Crippen LogP contribution >= 0.6 is 0 Å². The summed E-state index contributed by atoms with van der Waals surface area (Å²) in [4.78, 5) is 9.23. The number of nitrogens with zero attached hydrogens (tertiary/aromatic N) is 3. The predicted molar refractivity (Wildman–Crippen MR) is 118 cm³/mol. The van der Waals surface area contributed by atoms with Crippen LogP contribution in [0.2, 0.25) is 0 Å². The van der Waals surface area contributed by atoms with Gasteiger partial charge < -0.3 is 19.7 Å². The van der Waals surface area contributed by atoms with Gasteiger partial charge in [-0.05, 0) is 35.2 Å². The van der Waals surface area contributed by atoms with Crippen molar-refractivity contribution in [3.8, 4) is 11.5 Å². The van der Waals surface area contributed by atoms with Crippen LogP contribution in [-0.2, 0) is 19.5 Å². The molecular weight excluding hydrogens is 364 g/mol. The molecule has 2 aromatic rings. The van der Waals surface area contributed by atoms with E-state index in [-0.39, 0.29) is 0 Å². The van der Waals surface area contributed by atoms with Crippen molar-refractivity contribution in [1.82, 2.24) is 15.1 Å². The number of hydrogen-bond donors (Lipinski definition) is 1. The summed E-state index contributed by atoms with van der Waals surface area (Å²) >= 11 is 0. The maximum atomic E-state index is 5.46. The van der Waals surface area contributed by atoms with Crippen LogP contribution in [0.5, 0.6) is 11.5 Å². The van der Waals surface area contributed by atoms with Gasteiger partial charge in [0.1, 0.15) is 0 Å². The van der Waals surface area contributed by atoms with Crippen molar-refractivity contribution in [3.05, 3.63) is 59.2 Å². The minimum absolute atomic E-state index is 0.681. The second-order valence-electron chi connectivity index (χ2n) is 7.45. The molecule has 156 valence electrons. The highest BCUT2D eigenvalue weighted by atomic mass is 16.5. The molecule has 1 aliphatic rings. The smallest absolute Gasteiger partial charge is 0.193 e. The van der Waals surface area contributed by atoms with Crippen LogP contribution < -0.4 is 14.8 Å². The Morgan fingerprint density at radius 2 is 1.76 bits per heavy atom. The molecular formula is C23H32N4O2. The summed E-state index contributed by atoms with van der Waals surface area (Å²) in [5.74, 6) is 2.53. The monoisotopic (exact) mass is 396 g/mol. The fraction of sp³-hybridized carbons (Fsp3) is 0.435. The summed E-state index contributed by atoms with van der Waals surface area (Å²) < 4.78 is 10.9. The molecule has 0 unspecified atom stereocenters. The van der Waals surface area contributed by atoms with Gasteiger partial charge in [0.2, 0.25) is 0 Å². The van der Waals surface area contributed by atoms with Crippen molar-refractivity contribution in [1.29, 1.82) is 0 Å². The van der Waals surface area contributed by atoms with Gasteiger partial charge in [0, 0.05) is 40.3 Å². The van der Waals surface area contributed by atoms with E-state index in [4.69, 9.17) is 14.5 Å². The highest BCUT2D eigenvalue weighted by Crippen LogP contribution is 2.33. The zero-order valence-electron chi connectivity index (χ0n) is 17.9. The molecule has 0 spiro atoms. The first kappa shape index (κ1) is 21.0. The second-order valence-corrected chi connectivity index (χ2v) is 7.45. The first-order chi connectivity index (χ1) is 14.1. The van der Waals surface area contributed by atoms with Gasteiger partial charge in [0.05, 0.1) is 20.8 Å². The molecule has 0 amide bonds. The van der Waals surface area contributed by atoms with Crippen molar-refractivity contribution < 1.29 is 9.47 Å². The first-order valence-corrected chi connectivity index (χ1v) is 10.1. The summed E-state index contributed by atoms with van der Waals surface area (Å²) in [6.45, 7) is 4.47. The van der Waals surface area contributed by atoms with Gasteiger partial charge in [-0.2, -0.15) is 0 Å². The molecule has 6 nitrogen and oxygen atoms in total. The van der Waals surface area contributed by atoms with E-state index in [1.807, 2.05) is 37.2 Å². The van der Waals surface area contributed by atoms with E-state index in [0.717, 1.165) is 50.1 Å². The van der Waals surface area contributed by atoms with Crippen LogP contribution in [0.15, 0.2) is 47.5 Å². The van der Waals surface area contributed by atoms with Gasteiger partial charge in [-0.1, -0.05) is 30.3 Å². The third-order valence-electron chi connectivity index (χ3n) is 5.19. The summed E-state index contributed by atoms with van der Waals surface area (Å²) in [6, 6.07) is 14.6. The molecule has 0 bridgehead atoms. The van der Waals surface area contributed by atoms with E-state index >= 15 is 0 Å². The lowest BCUT2D eigenvalue weighted by atomic mass is 9.99. The Balaban J connectivity index is 1.54. The molecule has 0 radical (unpaired) electrons. The molecule has 0 saturated heterocycles. The van der Waals surface area contributed by atoms with E-state index in [1.54, 1.807) is 14.2 Å². The van der Waals surface area contributed by atoms with Crippen molar-refractivity contribution in [2.45, 2.75) is 19.5 Å². The number of guanidine groups is 1. The number of rotatable bonds is 7. The zero-order chi connectivity index (χ0) is 20.6. The maximum Gasteiger partial charge on any atom is 0.193 e. The van der Waals surface area contributed by atoms with Gasteiger partial charge >= 0.3 is 0 Å². The molecule has 3 rings (SSSR count). The van der Waals surface area contributed by atoms with E-state index < -0.39 is 0 Å². The Bertz CT molecular complexity index is 821. The molecule has 2 aromatic carbocycles. The van der Waals surface area contributed by atoms with E-state index in [9.17, 15) is 0 Å². The molecule has 0 aromatic heterocycles. The van der Waals surface area contributed by atoms with E-state index in [2.05, 4.69) is 34.5 Å². The maximum absolute atomic E-state index is 5.46. The summed E-state index contributed by atoms with van der Waals surface area (Å²) in [7, 11) is 7.42. The van der Waals surface area contributed by atoms with Gasteiger partial charge in [-0.3, -0.25) is 4.90 Å². The Labute approximate surface area is 174 Å². The number of aliphatic imine (C=N–C) groups is 1. The number of benzene rings is 2. The molecule has 0 atom stereocenters. The van der Waals surface area contributed by atoms with Gasteiger partial charge in [0.15, 0.2) is 17.5 Å². The fourth-order valence-electron chi connectivity index (χ4n) is 3.56. The van der Waals surface area contributed by atoms with E-state index in [0.29, 0.717) is 6.54 Å². The van der Waals surface area contributed by atoms with Crippen LogP contribution in [-0.4, -0.2) is 63.7 Å². The minimum Gasteiger partial charge on any atom is -0.493 e. The number of methoxy groups -OCH3 is 2. The standard InChI is InChI=1S/C23H32N4O2/c1-26(2)23(25-16-18-8-6-5-7-9-18)24-11-13-27-12-10-19-14-21(28-3)22(29-4)15-20(19)17-27/h5-9,14-15H,10-13,16-17H2,1-4H3,(H,24,25). The van der Waals surface area contributed by atoms with Crippen molar-refractivity contribution in [2.75, 3.05) is 47.9 Å². The average molecular weight is 397 g/mol. The van der Waals surface area contributed by atoms with Crippen molar-refractivity contribution in [3.63, 3.8) is 0 Å². The SMILES string of the molecule is COc1cc2c(cc1OC)CN(CCNC(=NCc1ccccc1)N(C)C)CC2. The topological polar surface area (TPSA) is 49.3 Å². The first-order valence-electron chi connectivity index (χ1n) is 10.1. The molecule has 29 heavy (non-hydrogen) atoms. The number of ether oxygens (including phenoxy) is 2. The highest BCUT2D eigenvalue weighted by Gasteiger charge is 2.19. The lowest BCUT2D eigenvalue weighted by Crippen LogP contribution is -2.42. The van der Waals surface area contributed by atoms with Crippen LogP contribution in [0.4, 0.5) is 0 Å². The van der Waals surface area contributed by atoms with Crippen molar-refractivity contribution >= 4 is 5.96 Å². The van der Waals surface area contributed by atoms with Gasteiger partial charge in [0.25, 0.3) is 0 Å². The Kier molecular flexibility index (Phi) is 7.36. The lowest BCUT2D eigenvalue weighted by molar-refractivity contribution is 0.255. The Morgan fingerprint density at radius 1 is 1.07 bits per heavy atom. The number of nitrogens with one attached hydrogen (secondary N) is 1. The second kappa shape index (κ2) is 10.2. The molecule has 0 fully saturated rings. The Hall–Kier alpha value is -2.73. The molecule has 0 saturated carbocycles. The van der Waals surface area contributed by atoms with Crippen LogP contribution in [0.1, 0.15) is 16.7 Å². The largest absolute Gasteiger partial charge is 0.493 e. The number of hydrogen-bond acceptors (Lipinski definition) is 4. The third-order valence-corrected chi connectivity index (χ3v) is 5.19. The Morgan fingerprint density at radius 3 is 2.41 bits per heavy atom. The van der Waals surface area contributed by atoms with Crippen LogP contribution in [0, 0.1) is 0 Å². The normalized spacial score (nSPS) is 14.3. The summed E-state index contributed by atoms with van der Waals surface area (Å²) in [5, 5.41) is 3.49. The molecule has 1 aliphatic heterocycles. The average Bonchev–Trinajstić information content (AvgIpc) is 2.75. The minimum atomic E-state index is 0.681. The predicted octanol–water partition coefficient (Wildman–Crippen LogP) is 2.77. The van der Waals surface area contributed by atoms with Gasteiger partial charge in [-0.25, -0.2) is 4.99 Å². The molecule has 0 aliphatic carbocycles. The highest BCUT2D eigenvalue weighted by molar-refractivity contribution is 5.79. The quantitative estimate of drug-likeness (QED) is 0.576. The molecule has 1 N–H and O–H groups in total. The van der Waals surface area contributed by atoms with Crippen LogP contribution in [0.3, 0.4) is 0 Å². The zero-order valence-corrected chi connectivity index (χ0v) is 17.9. The third kappa shape index (κ3) is 5.64. The summed E-state index contributed by atoms with van der Waals surface area (Å²) in [5.41, 5.74) is 3.88. The van der Waals surface area contributed by atoms with Gasteiger partial charge in [-0.15, -0.1) is 0 Å². The molecule has 6 heteroatoms. The fourth-order valence-corrected chi connectivity index (χ4v) is 3.56. The van der Waals surface area contributed by atoms with Crippen LogP contribution in [0.25, 0.3) is 0 Å².